The number of nitrogens with zero attached hydrogens (tertiary/aromatic N) is 2. The van der Waals surface area contributed by atoms with Crippen LogP contribution in [-0.4, -0.2) is 9.66 Å². The van der Waals surface area contributed by atoms with Crippen LogP contribution in [0.1, 0.15) is 10.9 Å². The van der Waals surface area contributed by atoms with Crippen LogP contribution in [0.4, 0.5) is 0 Å². The van der Waals surface area contributed by atoms with E-state index in [1.54, 1.807) is 16.4 Å². The first-order valence-corrected chi connectivity index (χ1v) is 13.4. The fraction of sp³-hybridized carbons (Fsp3) is 0.0370. The Hall–Kier alpha value is -2.52. The molecule has 8 heteroatoms. The van der Waals surface area contributed by atoms with Gasteiger partial charge in [0, 0.05) is 24.1 Å². The van der Waals surface area contributed by atoms with Crippen LogP contribution in [0.5, 0.6) is 0 Å². The van der Waals surface area contributed by atoms with Crippen molar-refractivity contribution in [3.63, 3.8) is 0 Å². The number of hydrogen-bond donors (Lipinski definition) is 1. The maximum Gasteiger partial charge on any atom is 0.280 e. The highest BCUT2D eigenvalue weighted by atomic mass is 127. The van der Waals surface area contributed by atoms with Gasteiger partial charge in [0.1, 0.15) is 5.37 Å². The van der Waals surface area contributed by atoms with Crippen molar-refractivity contribution in [2.75, 3.05) is 5.43 Å². The first-order valence-electron chi connectivity index (χ1n) is 10.7. The van der Waals surface area contributed by atoms with Gasteiger partial charge in [-0.05, 0) is 82.8 Å². The van der Waals surface area contributed by atoms with Crippen LogP contribution in [0.15, 0.2) is 107 Å². The molecule has 1 atom stereocenters. The van der Waals surface area contributed by atoms with Crippen molar-refractivity contribution in [1.82, 2.24) is 9.66 Å². The second-order valence-corrected chi connectivity index (χ2v) is 11.0. The number of halogens is 3. The Labute approximate surface area is 230 Å². The molecule has 4 aromatic carbocycles. The van der Waals surface area contributed by atoms with Gasteiger partial charge in [0.05, 0.1) is 10.9 Å². The van der Waals surface area contributed by atoms with Crippen molar-refractivity contribution in [3.05, 3.63) is 127 Å². The molecule has 5 rings (SSSR count). The average Bonchev–Trinajstić information content (AvgIpc) is 2.87. The minimum atomic E-state index is -0.310. The highest BCUT2D eigenvalue weighted by Crippen LogP contribution is 2.35. The molecule has 0 fully saturated rings. The molecule has 0 saturated heterocycles. The zero-order chi connectivity index (χ0) is 24.4. The summed E-state index contributed by atoms with van der Waals surface area (Å²) < 4.78 is 2.52. The van der Waals surface area contributed by atoms with Crippen molar-refractivity contribution in [1.29, 1.82) is 0 Å². The second-order valence-electron chi connectivity index (χ2n) is 7.74. The van der Waals surface area contributed by atoms with E-state index < -0.39 is 0 Å². The van der Waals surface area contributed by atoms with Gasteiger partial charge in [0.2, 0.25) is 0 Å². The highest BCUT2D eigenvalue weighted by Gasteiger charge is 2.19. The van der Waals surface area contributed by atoms with Gasteiger partial charge in [-0.2, -0.15) is 0 Å². The molecule has 0 radical (unpaired) electrons. The van der Waals surface area contributed by atoms with Crippen molar-refractivity contribution in [2.45, 2.75) is 10.3 Å². The third kappa shape index (κ3) is 5.51. The van der Waals surface area contributed by atoms with Gasteiger partial charge in [0.25, 0.3) is 5.56 Å². The quantitative estimate of drug-likeness (QED) is 0.117. The van der Waals surface area contributed by atoms with Gasteiger partial charge in [-0.3, -0.25) is 4.79 Å². The lowest BCUT2D eigenvalue weighted by Crippen LogP contribution is -2.33. The molecule has 1 N–H and O–H groups in total. The Bertz CT molecular complexity index is 1540. The smallest absolute Gasteiger partial charge is 0.280 e. The number of hydrogen-bond acceptors (Lipinski definition) is 4. The summed E-state index contributed by atoms with van der Waals surface area (Å²) in [6, 6.07) is 30.6. The summed E-state index contributed by atoms with van der Waals surface area (Å²) in [7, 11) is 0. The predicted molar refractivity (Wildman–Crippen MR) is 155 cm³/mol. The molecule has 0 aliphatic rings. The average molecular weight is 630 g/mol. The molecule has 1 unspecified atom stereocenters. The molecule has 174 valence electrons. The van der Waals surface area contributed by atoms with E-state index in [1.807, 2.05) is 97.1 Å². The Morgan fingerprint density at radius 3 is 2.20 bits per heavy atom. The number of nitrogens with one attached hydrogen (secondary N) is 1. The summed E-state index contributed by atoms with van der Waals surface area (Å²) in [5.41, 5.74) is 5.74. The Morgan fingerprint density at radius 1 is 0.857 bits per heavy atom. The SMILES string of the molecule is O=c1c2cc(I)ccc2nc(-c2ccccc2)n1NC(Sc1ccc(Cl)cc1)c1ccc(Cl)cc1. The van der Waals surface area contributed by atoms with E-state index in [9.17, 15) is 4.79 Å². The Balaban J connectivity index is 1.66. The molecular formula is C27H18Cl2IN3OS. The second kappa shape index (κ2) is 10.6. The topological polar surface area (TPSA) is 46.9 Å². The van der Waals surface area contributed by atoms with Crippen LogP contribution in [0, 0.1) is 3.57 Å². The first kappa shape index (κ1) is 24.2. The summed E-state index contributed by atoms with van der Waals surface area (Å²) in [5.74, 6) is 0.542. The van der Waals surface area contributed by atoms with Gasteiger partial charge in [-0.15, -0.1) is 0 Å². The van der Waals surface area contributed by atoms with Crippen LogP contribution in [-0.2, 0) is 0 Å². The molecular weight excluding hydrogens is 612 g/mol. The number of fused-ring (bicyclic) bond motifs is 1. The summed E-state index contributed by atoms with van der Waals surface area (Å²) >= 11 is 16.0. The first-order chi connectivity index (χ1) is 17.0. The fourth-order valence-electron chi connectivity index (χ4n) is 3.63. The molecule has 35 heavy (non-hydrogen) atoms. The van der Waals surface area contributed by atoms with Crippen LogP contribution >= 0.6 is 57.6 Å². The Kier molecular flexibility index (Phi) is 7.34. The van der Waals surface area contributed by atoms with E-state index in [1.165, 1.54) is 0 Å². The molecule has 0 amide bonds. The van der Waals surface area contributed by atoms with Gasteiger partial charge < -0.3 is 5.43 Å². The summed E-state index contributed by atoms with van der Waals surface area (Å²) in [4.78, 5) is 19.7. The molecule has 0 saturated carbocycles. The summed E-state index contributed by atoms with van der Waals surface area (Å²) in [5, 5.41) is 1.56. The van der Waals surface area contributed by atoms with Crippen LogP contribution < -0.4 is 11.0 Å². The molecule has 4 nitrogen and oxygen atoms in total. The van der Waals surface area contributed by atoms with Gasteiger partial charge >= 0.3 is 0 Å². The van der Waals surface area contributed by atoms with E-state index in [4.69, 9.17) is 28.2 Å². The fourth-order valence-corrected chi connectivity index (χ4v) is 5.39. The predicted octanol–water partition coefficient (Wildman–Crippen LogP) is 8.01. The van der Waals surface area contributed by atoms with Crippen LogP contribution in [0.25, 0.3) is 22.3 Å². The molecule has 1 heterocycles. The summed E-state index contributed by atoms with van der Waals surface area (Å²) in [6.07, 6.45) is 0. The van der Waals surface area contributed by atoms with Gasteiger partial charge in [-0.25, -0.2) is 9.66 Å². The maximum atomic E-state index is 13.8. The van der Waals surface area contributed by atoms with Gasteiger partial charge in [-0.1, -0.05) is 77.4 Å². The van der Waals surface area contributed by atoms with Crippen molar-refractivity contribution < 1.29 is 0 Å². The lowest BCUT2D eigenvalue weighted by molar-refractivity contribution is 0.790. The zero-order valence-electron chi connectivity index (χ0n) is 18.2. The third-order valence-electron chi connectivity index (χ3n) is 5.35. The molecule has 0 aliphatic carbocycles. The van der Waals surface area contributed by atoms with Crippen LogP contribution in [0.3, 0.4) is 0 Å². The number of aromatic nitrogens is 2. The van der Waals surface area contributed by atoms with E-state index in [0.29, 0.717) is 26.8 Å². The Morgan fingerprint density at radius 2 is 1.51 bits per heavy atom. The van der Waals surface area contributed by atoms with Crippen molar-refractivity contribution in [2.24, 2.45) is 0 Å². The monoisotopic (exact) mass is 629 g/mol. The van der Waals surface area contributed by atoms with E-state index >= 15 is 0 Å². The molecule has 0 bridgehead atoms. The number of benzene rings is 4. The van der Waals surface area contributed by atoms with E-state index in [0.717, 1.165) is 19.6 Å². The van der Waals surface area contributed by atoms with Gasteiger partial charge in [0.15, 0.2) is 5.82 Å². The molecule has 0 spiro atoms. The molecule has 5 aromatic rings. The normalized spacial score (nSPS) is 12.0. The lowest BCUT2D eigenvalue weighted by atomic mass is 10.2. The van der Waals surface area contributed by atoms with E-state index in [-0.39, 0.29) is 10.9 Å². The van der Waals surface area contributed by atoms with Crippen LogP contribution in [0.2, 0.25) is 10.0 Å². The zero-order valence-corrected chi connectivity index (χ0v) is 22.6. The molecule has 1 aromatic heterocycles. The number of thioether (sulfide) groups is 1. The minimum Gasteiger partial charge on any atom is -0.303 e. The minimum absolute atomic E-state index is 0.164. The number of rotatable bonds is 6. The lowest BCUT2D eigenvalue weighted by Gasteiger charge is -2.23. The standard InChI is InChI=1S/C27H18Cl2IN3OS/c28-19-8-6-18(7-9-19)26(35-22-13-10-20(29)11-14-22)32-33-25(17-4-2-1-3-5-17)31-24-15-12-21(30)16-23(24)27(33)34/h1-16,26,32H. The summed E-state index contributed by atoms with van der Waals surface area (Å²) in [6.45, 7) is 0. The van der Waals surface area contributed by atoms with Crippen molar-refractivity contribution in [3.8, 4) is 11.4 Å². The maximum absolute atomic E-state index is 13.8. The highest BCUT2D eigenvalue weighted by molar-refractivity contribution is 14.1. The third-order valence-corrected chi connectivity index (χ3v) is 7.68. The molecule has 0 aliphatic heterocycles. The van der Waals surface area contributed by atoms with E-state index in [2.05, 4.69) is 28.0 Å². The largest absolute Gasteiger partial charge is 0.303 e. The van der Waals surface area contributed by atoms with Crippen molar-refractivity contribution >= 4 is 68.5 Å².